The molecule has 0 bridgehead atoms. The van der Waals surface area contributed by atoms with Crippen LogP contribution in [0.2, 0.25) is 0 Å². The topological polar surface area (TPSA) is 41.9 Å². The van der Waals surface area contributed by atoms with E-state index in [-0.39, 0.29) is 17.5 Å². The minimum Gasteiger partial charge on any atom is -0.493 e. The second-order valence-corrected chi connectivity index (χ2v) is 7.89. The van der Waals surface area contributed by atoms with Crippen molar-refractivity contribution in [2.24, 2.45) is 10.9 Å². The summed E-state index contributed by atoms with van der Waals surface area (Å²) >= 11 is 1.17. The van der Waals surface area contributed by atoms with Crippen molar-refractivity contribution in [2.45, 2.75) is 20.8 Å². The van der Waals surface area contributed by atoms with Crippen LogP contribution in [0.4, 0.5) is 14.5 Å². The van der Waals surface area contributed by atoms with Gasteiger partial charge in [-0.3, -0.25) is 9.69 Å². The van der Waals surface area contributed by atoms with Crippen molar-refractivity contribution in [3.05, 3.63) is 64.6 Å². The largest absolute Gasteiger partial charge is 0.493 e. The number of nitrogens with zero attached hydrogens (tertiary/aromatic N) is 2. The van der Waals surface area contributed by atoms with Gasteiger partial charge in [0.25, 0.3) is 5.91 Å². The predicted octanol–water partition coefficient (Wildman–Crippen LogP) is 5.62. The lowest BCUT2D eigenvalue weighted by molar-refractivity contribution is -0.122. The number of benzene rings is 2. The van der Waals surface area contributed by atoms with E-state index in [0.717, 1.165) is 17.7 Å². The molecular formula is C22H22F2N2O2S. The summed E-state index contributed by atoms with van der Waals surface area (Å²) in [5.74, 6) is -0.765. The minimum atomic E-state index is -0.769. The number of amides is 1. The number of carbonyl (C=O) groups is 1. The third-order valence-electron chi connectivity index (χ3n) is 4.07. The molecule has 0 aliphatic carbocycles. The van der Waals surface area contributed by atoms with Gasteiger partial charge in [0.15, 0.2) is 11.0 Å². The van der Waals surface area contributed by atoms with Crippen LogP contribution in [0.5, 0.6) is 5.75 Å². The van der Waals surface area contributed by atoms with Crippen LogP contribution in [0.25, 0.3) is 6.08 Å². The minimum absolute atomic E-state index is 0.00794. The average Bonchev–Trinajstić information content (AvgIpc) is 2.94. The molecule has 1 heterocycles. The van der Waals surface area contributed by atoms with Crippen molar-refractivity contribution >= 4 is 34.6 Å². The molecule has 152 valence electrons. The summed E-state index contributed by atoms with van der Waals surface area (Å²) in [5, 5.41) is 0.370. The first-order chi connectivity index (χ1) is 13.9. The van der Waals surface area contributed by atoms with E-state index in [0.29, 0.717) is 29.0 Å². The molecule has 0 atom stereocenters. The van der Waals surface area contributed by atoms with Crippen LogP contribution in [0.15, 0.2) is 52.4 Å². The van der Waals surface area contributed by atoms with E-state index < -0.39 is 11.6 Å². The van der Waals surface area contributed by atoms with Crippen molar-refractivity contribution in [3.63, 3.8) is 0 Å². The molecule has 2 aromatic rings. The van der Waals surface area contributed by atoms with Crippen molar-refractivity contribution in [1.82, 2.24) is 4.90 Å². The molecule has 1 saturated heterocycles. The van der Waals surface area contributed by atoms with E-state index in [1.54, 1.807) is 6.08 Å². The Hall–Kier alpha value is -2.67. The first-order valence-corrected chi connectivity index (χ1v) is 10.2. The lowest BCUT2D eigenvalue weighted by atomic mass is 10.1. The van der Waals surface area contributed by atoms with Crippen LogP contribution in [-0.4, -0.2) is 29.1 Å². The molecule has 7 heteroatoms. The number of rotatable bonds is 6. The highest BCUT2D eigenvalue weighted by Gasteiger charge is 2.34. The molecule has 0 unspecified atom stereocenters. The molecule has 3 rings (SSSR count). The Labute approximate surface area is 173 Å². The first kappa shape index (κ1) is 21.0. The van der Waals surface area contributed by atoms with E-state index in [9.17, 15) is 13.6 Å². The highest BCUT2D eigenvalue weighted by Crippen LogP contribution is 2.36. The number of ether oxygens (including phenoxy) is 1. The molecule has 1 amide bonds. The summed E-state index contributed by atoms with van der Waals surface area (Å²) in [5.41, 5.74) is 0.773. The molecule has 0 saturated carbocycles. The lowest BCUT2D eigenvalue weighted by Crippen LogP contribution is -2.32. The zero-order chi connectivity index (χ0) is 21.0. The number of amidine groups is 1. The van der Waals surface area contributed by atoms with Gasteiger partial charge in [0.1, 0.15) is 17.3 Å². The Morgan fingerprint density at radius 1 is 1.21 bits per heavy atom. The van der Waals surface area contributed by atoms with Crippen LogP contribution >= 0.6 is 11.8 Å². The van der Waals surface area contributed by atoms with Crippen LogP contribution in [0.1, 0.15) is 26.3 Å². The van der Waals surface area contributed by atoms with Crippen LogP contribution < -0.4 is 4.74 Å². The molecule has 0 aromatic heterocycles. The SMILES string of the molecule is CCOc1ccccc1/C=C1/SC(=Nc2ccc(F)cc2F)N(CC(C)C)C1=O. The molecule has 4 nitrogen and oxygen atoms in total. The summed E-state index contributed by atoms with van der Waals surface area (Å²) in [4.78, 5) is 19.3. The predicted molar refractivity (Wildman–Crippen MR) is 113 cm³/mol. The summed E-state index contributed by atoms with van der Waals surface area (Å²) in [6.07, 6.45) is 1.76. The molecule has 2 aromatic carbocycles. The van der Waals surface area contributed by atoms with E-state index in [4.69, 9.17) is 4.74 Å². The van der Waals surface area contributed by atoms with Gasteiger partial charge in [-0.15, -0.1) is 0 Å². The highest BCUT2D eigenvalue weighted by molar-refractivity contribution is 8.18. The molecule has 0 radical (unpaired) electrons. The Bertz CT molecular complexity index is 973. The maximum Gasteiger partial charge on any atom is 0.266 e. The number of carbonyl (C=O) groups excluding carboxylic acids is 1. The number of thioether (sulfide) groups is 1. The van der Waals surface area contributed by atoms with Gasteiger partial charge in [-0.05, 0) is 48.9 Å². The molecule has 1 aliphatic heterocycles. The normalized spacial score (nSPS) is 17.0. The Morgan fingerprint density at radius 3 is 2.66 bits per heavy atom. The zero-order valence-electron chi connectivity index (χ0n) is 16.5. The fraction of sp³-hybridized carbons (Fsp3) is 0.273. The summed E-state index contributed by atoms with van der Waals surface area (Å²) < 4.78 is 32.9. The van der Waals surface area contributed by atoms with Crippen molar-refractivity contribution in [1.29, 1.82) is 0 Å². The Balaban J connectivity index is 2.00. The van der Waals surface area contributed by atoms with Gasteiger partial charge in [-0.2, -0.15) is 0 Å². The Kier molecular flexibility index (Phi) is 6.69. The Morgan fingerprint density at radius 2 is 1.97 bits per heavy atom. The summed E-state index contributed by atoms with van der Waals surface area (Å²) in [7, 11) is 0. The van der Waals surface area contributed by atoms with E-state index in [1.165, 1.54) is 22.7 Å². The molecule has 1 fully saturated rings. The maximum absolute atomic E-state index is 14.1. The van der Waals surface area contributed by atoms with Gasteiger partial charge < -0.3 is 4.74 Å². The van der Waals surface area contributed by atoms with E-state index >= 15 is 0 Å². The maximum atomic E-state index is 14.1. The van der Waals surface area contributed by atoms with Crippen molar-refractivity contribution in [2.75, 3.05) is 13.2 Å². The van der Waals surface area contributed by atoms with Gasteiger partial charge in [0, 0.05) is 18.2 Å². The van der Waals surface area contributed by atoms with Crippen LogP contribution in [-0.2, 0) is 4.79 Å². The number of halogens is 2. The zero-order valence-corrected chi connectivity index (χ0v) is 17.3. The third kappa shape index (κ3) is 5.03. The molecule has 29 heavy (non-hydrogen) atoms. The fourth-order valence-electron chi connectivity index (χ4n) is 2.82. The summed E-state index contributed by atoms with van der Waals surface area (Å²) in [6, 6.07) is 10.6. The lowest BCUT2D eigenvalue weighted by Gasteiger charge is -2.17. The van der Waals surface area contributed by atoms with E-state index in [1.807, 2.05) is 45.0 Å². The smallest absolute Gasteiger partial charge is 0.266 e. The first-order valence-electron chi connectivity index (χ1n) is 9.36. The standard InChI is InChI=1S/C22H22F2N2O2S/c1-4-28-19-8-6-5-7-15(19)11-20-21(27)26(13-14(2)3)22(29-20)25-18-10-9-16(23)12-17(18)24/h5-12,14H,4,13H2,1-3H3/b20-11+,25-22?. The van der Waals surface area contributed by atoms with Crippen LogP contribution in [0, 0.1) is 17.6 Å². The monoisotopic (exact) mass is 416 g/mol. The molecule has 1 aliphatic rings. The van der Waals surface area contributed by atoms with Gasteiger partial charge >= 0.3 is 0 Å². The third-order valence-corrected chi connectivity index (χ3v) is 5.07. The molecule has 0 N–H and O–H groups in total. The fourth-order valence-corrected chi connectivity index (χ4v) is 3.81. The number of para-hydroxylation sites is 1. The number of hydrogen-bond acceptors (Lipinski definition) is 4. The number of hydrogen-bond donors (Lipinski definition) is 0. The molecular weight excluding hydrogens is 394 g/mol. The van der Waals surface area contributed by atoms with Gasteiger partial charge in [0.2, 0.25) is 0 Å². The van der Waals surface area contributed by atoms with Gasteiger partial charge in [0.05, 0.1) is 11.5 Å². The molecule has 0 spiro atoms. The van der Waals surface area contributed by atoms with Gasteiger partial charge in [-0.25, -0.2) is 13.8 Å². The second kappa shape index (κ2) is 9.22. The van der Waals surface area contributed by atoms with Crippen molar-refractivity contribution < 1.29 is 18.3 Å². The van der Waals surface area contributed by atoms with Crippen molar-refractivity contribution in [3.8, 4) is 5.75 Å². The number of aliphatic imine (C=N–C) groups is 1. The highest BCUT2D eigenvalue weighted by atomic mass is 32.2. The van der Waals surface area contributed by atoms with Crippen LogP contribution in [0.3, 0.4) is 0 Å². The summed E-state index contributed by atoms with van der Waals surface area (Å²) in [6.45, 7) is 6.82. The van der Waals surface area contributed by atoms with Gasteiger partial charge in [-0.1, -0.05) is 32.0 Å². The second-order valence-electron chi connectivity index (χ2n) is 6.88. The quantitative estimate of drug-likeness (QED) is 0.574. The average molecular weight is 416 g/mol. The van der Waals surface area contributed by atoms with E-state index in [2.05, 4.69) is 4.99 Å².